The third-order valence-corrected chi connectivity index (χ3v) is 4.29. The summed E-state index contributed by atoms with van der Waals surface area (Å²) in [6.07, 6.45) is 0.376. The Morgan fingerprint density at radius 1 is 1.21 bits per heavy atom. The number of anilines is 1. The number of hydrogen-bond acceptors (Lipinski definition) is 4. The van der Waals surface area contributed by atoms with Crippen LogP contribution < -0.4 is 15.0 Å². The largest absolute Gasteiger partial charge is 0.494 e. The van der Waals surface area contributed by atoms with Crippen molar-refractivity contribution < 1.29 is 14.3 Å². The second-order valence-corrected chi connectivity index (χ2v) is 6.24. The number of benzene rings is 1. The van der Waals surface area contributed by atoms with Crippen LogP contribution in [0.25, 0.3) is 0 Å². The highest BCUT2D eigenvalue weighted by Gasteiger charge is 2.12. The van der Waals surface area contributed by atoms with Gasteiger partial charge in [-0.3, -0.25) is 9.59 Å². The van der Waals surface area contributed by atoms with Crippen LogP contribution in [0.5, 0.6) is 5.75 Å². The topological polar surface area (TPSA) is 58.6 Å². The van der Waals surface area contributed by atoms with Crippen LogP contribution in [-0.2, 0) is 16.0 Å². The number of carbonyl (C=O) groups excluding carboxylic acids is 2. The first-order valence-electron chi connectivity index (χ1n) is 7.90. The molecule has 5 nitrogen and oxygen atoms in total. The van der Waals surface area contributed by atoms with E-state index in [9.17, 15) is 9.59 Å². The van der Waals surface area contributed by atoms with E-state index in [0.29, 0.717) is 26.1 Å². The van der Waals surface area contributed by atoms with E-state index in [1.807, 2.05) is 48.7 Å². The van der Waals surface area contributed by atoms with Crippen molar-refractivity contribution in [1.82, 2.24) is 5.32 Å². The van der Waals surface area contributed by atoms with Crippen LogP contribution in [0.1, 0.15) is 18.7 Å². The zero-order valence-electron chi connectivity index (χ0n) is 14.0. The number of thiophene rings is 1. The molecule has 0 fully saturated rings. The molecule has 0 radical (unpaired) electrons. The zero-order valence-corrected chi connectivity index (χ0v) is 14.8. The van der Waals surface area contributed by atoms with Crippen LogP contribution in [0.4, 0.5) is 5.69 Å². The number of hydrogen-bond donors (Lipinski definition) is 1. The van der Waals surface area contributed by atoms with Gasteiger partial charge in [0.05, 0.1) is 13.0 Å². The van der Waals surface area contributed by atoms with Crippen molar-refractivity contribution in [2.24, 2.45) is 0 Å². The number of ether oxygens (including phenoxy) is 1. The molecule has 24 heavy (non-hydrogen) atoms. The van der Waals surface area contributed by atoms with Gasteiger partial charge < -0.3 is 15.0 Å². The first kappa shape index (κ1) is 18.0. The standard InChI is InChI=1S/C18H22N2O3S/c1-3-23-16-8-6-15(7-9-16)20(14(2)21)11-10-19-18(22)13-17-5-4-12-24-17/h4-9,12H,3,10-11,13H2,1-2H3,(H,19,22). The van der Waals surface area contributed by atoms with Gasteiger partial charge in [0.1, 0.15) is 5.75 Å². The summed E-state index contributed by atoms with van der Waals surface area (Å²) in [7, 11) is 0. The fourth-order valence-corrected chi connectivity index (χ4v) is 3.00. The molecule has 0 aliphatic carbocycles. The first-order chi connectivity index (χ1) is 11.6. The summed E-state index contributed by atoms with van der Waals surface area (Å²) in [4.78, 5) is 26.4. The summed E-state index contributed by atoms with van der Waals surface area (Å²) >= 11 is 1.56. The Kier molecular flexibility index (Phi) is 6.81. The lowest BCUT2D eigenvalue weighted by Crippen LogP contribution is -2.38. The molecule has 1 aromatic heterocycles. The van der Waals surface area contributed by atoms with Crippen molar-refractivity contribution in [2.75, 3.05) is 24.6 Å². The fraction of sp³-hybridized carbons (Fsp3) is 0.333. The van der Waals surface area contributed by atoms with Gasteiger partial charge in [0.25, 0.3) is 0 Å². The molecule has 0 aliphatic heterocycles. The molecule has 0 bridgehead atoms. The fourth-order valence-electron chi connectivity index (χ4n) is 2.30. The Bertz CT molecular complexity index is 653. The number of nitrogens with zero attached hydrogens (tertiary/aromatic N) is 1. The van der Waals surface area contributed by atoms with Crippen LogP contribution in [0.15, 0.2) is 41.8 Å². The van der Waals surface area contributed by atoms with E-state index in [1.165, 1.54) is 6.92 Å². The molecule has 2 aromatic rings. The Morgan fingerprint density at radius 3 is 2.54 bits per heavy atom. The summed E-state index contributed by atoms with van der Waals surface area (Å²) in [5.41, 5.74) is 0.790. The molecular weight excluding hydrogens is 324 g/mol. The van der Waals surface area contributed by atoms with Gasteiger partial charge in [-0.05, 0) is 42.6 Å². The van der Waals surface area contributed by atoms with Gasteiger partial charge in [0, 0.05) is 30.6 Å². The quantitative estimate of drug-likeness (QED) is 0.799. The van der Waals surface area contributed by atoms with Gasteiger partial charge in [-0.2, -0.15) is 0 Å². The van der Waals surface area contributed by atoms with E-state index in [-0.39, 0.29) is 11.8 Å². The van der Waals surface area contributed by atoms with Crippen molar-refractivity contribution >= 4 is 28.8 Å². The van der Waals surface area contributed by atoms with Gasteiger partial charge in [-0.25, -0.2) is 0 Å². The summed E-state index contributed by atoms with van der Waals surface area (Å²) in [5.74, 6) is 0.674. The second-order valence-electron chi connectivity index (χ2n) is 5.20. The first-order valence-corrected chi connectivity index (χ1v) is 8.78. The molecule has 0 atom stereocenters. The normalized spacial score (nSPS) is 10.2. The van der Waals surface area contributed by atoms with Crippen molar-refractivity contribution in [1.29, 1.82) is 0 Å². The SMILES string of the molecule is CCOc1ccc(N(CCNC(=O)Cc2cccs2)C(C)=O)cc1. The highest BCUT2D eigenvalue weighted by atomic mass is 32.1. The minimum Gasteiger partial charge on any atom is -0.494 e. The third-order valence-electron chi connectivity index (χ3n) is 3.41. The molecule has 0 saturated carbocycles. The molecule has 0 spiro atoms. The Morgan fingerprint density at radius 2 is 1.96 bits per heavy atom. The predicted octanol–water partition coefficient (Wildman–Crippen LogP) is 2.86. The van der Waals surface area contributed by atoms with Crippen LogP contribution in [-0.4, -0.2) is 31.5 Å². The zero-order chi connectivity index (χ0) is 17.4. The van der Waals surface area contributed by atoms with E-state index in [0.717, 1.165) is 16.3 Å². The number of rotatable bonds is 8. The molecule has 0 saturated heterocycles. The molecule has 6 heteroatoms. The van der Waals surface area contributed by atoms with Crippen LogP contribution in [0, 0.1) is 0 Å². The van der Waals surface area contributed by atoms with Crippen molar-refractivity contribution in [3.8, 4) is 5.75 Å². The molecule has 2 amide bonds. The van der Waals surface area contributed by atoms with E-state index >= 15 is 0 Å². The monoisotopic (exact) mass is 346 g/mol. The predicted molar refractivity (Wildman–Crippen MR) is 96.7 cm³/mol. The number of carbonyl (C=O) groups is 2. The van der Waals surface area contributed by atoms with E-state index < -0.39 is 0 Å². The van der Waals surface area contributed by atoms with Crippen LogP contribution in [0.2, 0.25) is 0 Å². The van der Waals surface area contributed by atoms with Crippen LogP contribution in [0.3, 0.4) is 0 Å². The maximum atomic E-state index is 11.9. The summed E-state index contributed by atoms with van der Waals surface area (Å²) in [6.45, 7) is 4.89. The molecular formula is C18H22N2O3S. The minimum atomic E-state index is -0.0633. The average Bonchev–Trinajstić information content (AvgIpc) is 3.05. The maximum Gasteiger partial charge on any atom is 0.225 e. The van der Waals surface area contributed by atoms with Gasteiger partial charge in [-0.15, -0.1) is 11.3 Å². The Balaban J connectivity index is 1.86. The second kappa shape index (κ2) is 9.08. The van der Waals surface area contributed by atoms with Crippen molar-refractivity contribution in [2.45, 2.75) is 20.3 Å². The molecule has 128 valence electrons. The molecule has 1 heterocycles. The lowest BCUT2D eigenvalue weighted by atomic mass is 10.2. The summed E-state index contributed by atoms with van der Waals surface area (Å²) in [6, 6.07) is 11.2. The molecule has 1 aromatic carbocycles. The molecule has 1 N–H and O–H groups in total. The van der Waals surface area contributed by atoms with Crippen LogP contribution >= 0.6 is 11.3 Å². The van der Waals surface area contributed by atoms with E-state index in [4.69, 9.17) is 4.74 Å². The number of nitrogens with one attached hydrogen (secondary N) is 1. The van der Waals surface area contributed by atoms with E-state index in [1.54, 1.807) is 16.2 Å². The van der Waals surface area contributed by atoms with Gasteiger partial charge in [0.15, 0.2) is 0 Å². The smallest absolute Gasteiger partial charge is 0.225 e. The molecule has 0 aliphatic rings. The Labute approximate surface area is 146 Å². The third kappa shape index (κ3) is 5.38. The minimum absolute atomic E-state index is 0.0346. The maximum absolute atomic E-state index is 11.9. The van der Waals surface area contributed by atoms with Gasteiger partial charge in [-0.1, -0.05) is 6.07 Å². The highest BCUT2D eigenvalue weighted by molar-refractivity contribution is 7.10. The summed E-state index contributed by atoms with van der Waals surface area (Å²) in [5, 5.41) is 4.81. The average molecular weight is 346 g/mol. The lowest BCUT2D eigenvalue weighted by molar-refractivity contribution is -0.120. The van der Waals surface area contributed by atoms with Crippen molar-refractivity contribution in [3.05, 3.63) is 46.7 Å². The Hall–Kier alpha value is -2.34. The van der Waals surface area contributed by atoms with Gasteiger partial charge in [0.2, 0.25) is 11.8 Å². The summed E-state index contributed by atoms with van der Waals surface area (Å²) < 4.78 is 5.40. The molecule has 2 rings (SSSR count). The highest BCUT2D eigenvalue weighted by Crippen LogP contribution is 2.19. The van der Waals surface area contributed by atoms with Crippen molar-refractivity contribution in [3.63, 3.8) is 0 Å². The number of amides is 2. The van der Waals surface area contributed by atoms with E-state index in [2.05, 4.69) is 5.32 Å². The van der Waals surface area contributed by atoms with Gasteiger partial charge >= 0.3 is 0 Å². The lowest BCUT2D eigenvalue weighted by Gasteiger charge is -2.21. The molecule has 0 unspecified atom stereocenters.